The molecule has 0 unspecified atom stereocenters. The number of halogens is 2. The van der Waals surface area contributed by atoms with E-state index in [-0.39, 0.29) is 39.4 Å². The Labute approximate surface area is 186 Å². The fraction of sp³-hybridized carbons (Fsp3) is 0.286. The molecule has 0 spiro atoms. The molecule has 0 saturated carbocycles. The summed E-state index contributed by atoms with van der Waals surface area (Å²) >= 11 is 0.843. The van der Waals surface area contributed by atoms with Crippen LogP contribution in [0.15, 0.2) is 47.5 Å². The maximum Gasteiger partial charge on any atom is 0.325 e. The number of fused-ring (bicyclic) bond motifs is 1. The predicted molar refractivity (Wildman–Crippen MR) is 115 cm³/mol. The van der Waals surface area contributed by atoms with E-state index in [2.05, 4.69) is 9.73 Å². The van der Waals surface area contributed by atoms with E-state index in [9.17, 15) is 26.8 Å². The summed E-state index contributed by atoms with van der Waals surface area (Å²) < 4.78 is 58.3. The zero-order chi connectivity index (χ0) is 23.3. The number of methoxy groups -OCH3 is 1. The number of hydrogen-bond acceptors (Lipinski definition) is 6. The second kappa shape index (κ2) is 10.1. The molecule has 0 fully saturated rings. The third-order valence-corrected chi connectivity index (χ3v) is 7.22. The van der Waals surface area contributed by atoms with E-state index in [0.717, 1.165) is 29.1 Å². The van der Waals surface area contributed by atoms with Gasteiger partial charge in [0.25, 0.3) is 0 Å². The lowest BCUT2D eigenvalue weighted by atomic mass is 10.2. The first-order chi connectivity index (χ1) is 15.2. The molecule has 170 valence electrons. The van der Waals surface area contributed by atoms with E-state index >= 15 is 0 Å². The lowest BCUT2D eigenvalue weighted by Crippen LogP contribution is -2.23. The van der Waals surface area contributed by atoms with Crippen LogP contribution in [0.1, 0.15) is 18.4 Å². The number of carbonyl (C=O) groups is 2. The zero-order valence-corrected chi connectivity index (χ0v) is 18.7. The van der Waals surface area contributed by atoms with Crippen molar-refractivity contribution in [3.05, 3.63) is 64.5 Å². The summed E-state index contributed by atoms with van der Waals surface area (Å²) in [5, 5.41) is 0. The monoisotopic (exact) mass is 482 g/mol. The van der Waals surface area contributed by atoms with E-state index in [0.29, 0.717) is 11.6 Å². The van der Waals surface area contributed by atoms with Gasteiger partial charge in [-0.25, -0.2) is 17.2 Å². The Bertz CT molecular complexity index is 1320. The van der Waals surface area contributed by atoms with Crippen LogP contribution in [0.3, 0.4) is 0 Å². The maximum atomic E-state index is 14.3. The van der Waals surface area contributed by atoms with E-state index < -0.39 is 39.9 Å². The highest BCUT2D eigenvalue weighted by atomic mass is 32.2. The van der Waals surface area contributed by atoms with E-state index in [1.165, 1.54) is 0 Å². The van der Waals surface area contributed by atoms with Gasteiger partial charge in [0, 0.05) is 12.5 Å². The van der Waals surface area contributed by atoms with Crippen molar-refractivity contribution >= 4 is 43.3 Å². The second-order valence-corrected chi connectivity index (χ2v) is 10.2. The minimum atomic E-state index is -3.41. The van der Waals surface area contributed by atoms with Crippen LogP contribution in [0.5, 0.6) is 0 Å². The number of amides is 1. The summed E-state index contributed by atoms with van der Waals surface area (Å²) in [7, 11) is -2.25. The van der Waals surface area contributed by atoms with E-state index in [1.54, 1.807) is 30.3 Å². The third kappa shape index (κ3) is 6.07. The number of ether oxygens (including phenoxy) is 1. The van der Waals surface area contributed by atoms with E-state index in [1.807, 2.05) is 0 Å². The molecule has 1 amide bonds. The largest absolute Gasteiger partial charge is 0.468 e. The molecule has 0 saturated heterocycles. The summed E-state index contributed by atoms with van der Waals surface area (Å²) in [4.78, 5) is 28.0. The molecule has 1 aromatic heterocycles. The second-order valence-electron chi connectivity index (χ2n) is 6.97. The Kier molecular flexibility index (Phi) is 7.52. The summed E-state index contributed by atoms with van der Waals surface area (Å²) in [6.07, 6.45) is -0.0975. The van der Waals surface area contributed by atoms with Crippen LogP contribution >= 0.6 is 11.3 Å². The highest BCUT2D eigenvalue weighted by Crippen LogP contribution is 2.22. The first-order valence-corrected chi connectivity index (χ1v) is 12.2. The van der Waals surface area contributed by atoms with Crippen molar-refractivity contribution < 1.29 is 31.5 Å². The standard InChI is InChI=1S/C21H20F2N2O5S2/c1-30-19(27)12-25-20-16(23)10-15(22)11-17(20)31-21(25)24-18(26)8-5-9-32(28,29)13-14-6-3-2-4-7-14/h2-4,6-7,10-11H,5,8-9,12-13H2,1H3. The smallest absolute Gasteiger partial charge is 0.325 e. The Morgan fingerprint density at radius 1 is 1.16 bits per heavy atom. The molecule has 0 radical (unpaired) electrons. The number of hydrogen-bond donors (Lipinski definition) is 0. The summed E-state index contributed by atoms with van der Waals surface area (Å²) in [5.74, 6) is -3.36. The van der Waals surface area contributed by atoms with Crippen LogP contribution in [0.2, 0.25) is 0 Å². The molecule has 32 heavy (non-hydrogen) atoms. The molecule has 0 aliphatic carbocycles. The normalized spacial score (nSPS) is 12.3. The highest BCUT2D eigenvalue weighted by molar-refractivity contribution is 7.90. The SMILES string of the molecule is COC(=O)Cn1c(=NC(=O)CCCS(=O)(=O)Cc2ccccc2)sc2cc(F)cc(F)c21. The van der Waals surface area contributed by atoms with Crippen molar-refractivity contribution in [2.45, 2.75) is 25.1 Å². The molecule has 3 rings (SSSR count). The van der Waals surface area contributed by atoms with Gasteiger partial charge in [-0.3, -0.25) is 9.59 Å². The lowest BCUT2D eigenvalue weighted by molar-refractivity contribution is -0.141. The van der Waals surface area contributed by atoms with Gasteiger partial charge < -0.3 is 9.30 Å². The number of esters is 1. The number of benzene rings is 2. The van der Waals surface area contributed by atoms with Gasteiger partial charge in [0.15, 0.2) is 20.5 Å². The quantitative estimate of drug-likeness (QED) is 0.460. The molecule has 0 N–H and O–H groups in total. The molecule has 0 atom stereocenters. The van der Waals surface area contributed by atoms with Crippen LogP contribution in [-0.4, -0.2) is 37.7 Å². The van der Waals surface area contributed by atoms with Crippen molar-refractivity contribution in [2.24, 2.45) is 4.99 Å². The van der Waals surface area contributed by atoms with Gasteiger partial charge in [0.05, 0.1) is 28.8 Å². The molecule has 3 aromatic rings. The number of nitrogens with zero attached hydrogens (tertiary/aromatic N) is 2. The van der Waals surface area contributed by atoms with Crippen molar-refractivity contribution in [1.29, 1.82) is 0 Å². The summed E-state index contributed by atoms with van der Waals surface area (Å²) in [5.41, 5.74) is 0.589. The van der Waals surface area contributed by atoms with Crippen molar-refractivity contribution in [1.82, 2.24) is 4.57 Å². The zero-order valence-electron chi connectivity index (χ0n) is 17.1. The summed E-state index contributed by atoms with van der Waals surface area (Å²) in [6, 6.07) is 10.5. The topological polar surface area (TPSA) is 94.8 Å². The maximum absolute atomic E-state index is 14.3. The molecule has 0 aliphatic heterocycles. The minimum absolute atomic E-state index is 0.00737. The van der Waals surface area contributed by atoms with Crippen LogP contribution in [0.4, 0.5) is 8.78 Å². The van der Waals surface area contributed by atoms with Gasteiger partial charge in [-0.2, -0.15) is 4.99 Å². The van der Waals surface area contributed by atoms with Gasteiger partial charge in [-0.1, -0.05) is 41.7 Å². The first kappa shape index (κ1) is 23.7. The Morgan fingerprint density at radius 3 is 2.56 bits per heavy atom. The minimum Gasteiger partial charge on any atom is -0.468 e. The van der Waals surface area contributed by atoms with Gasteiger partial charge in [-0.05, 0) is 18.1 Å². The van der Waals surface area contributed by atoms with E-state index in [4.69, 9.17) is 0 Å². The average molecular weight is 483 g/mol. The number of thiazole rings is 1. The fourth-order valence-electron chi connectivity index (χ4n) is 3.06. The Morgan fingerprint density at radius 2 is 1.88 bits per heavy atom. The van der Waals surface area contributed by atoms with Gasteiger partial charge in [-0.15, -0.1) is 0 Å². The number of sulfone groups is 1. The number of rotatable bonds is 8. The summed E-state index contributed by atoms with van der Waals surface area (Å²) in [6.45, 7) is -0.420. The molecular formula is C21H20F2N2O5S2. The molecule has 7 nitrogen and oxygen atoms in total. The fourth-order valence-corrected chi connectivity index (χ4v) is 5.58. The predicted octanol–water partition coefficient (Wildman–Crippen LogP) is 2.98. The molecule has 0 aliphatic rings. The Hall–Kier alpha value is -2.92. The van der Waals surface area contributed by atoms with Crippen molar-refractivity contribution in [2.75, 3.05) is 12.9 Å². The van der Waals surface area contributed by atoms with Crippen molar-refractivity contribution in [3.63, 3.8) is 0 Å². The van der Waals surface area contributed by atoms with Gasteiger partial charge in [0.1, 0.15) is 12.4 Å². The average Bonchev–Trinajstić information content (AvgIpc) is 3.04. The van der Waals surface area contributed by atoms with Crippen LogP contribution in [-0.2, 0) is 36.5 Å². The van der Waals surface area contributed by atoms with Crippen molar-refractivity contribution in [3.8, 4) is 0 Å². The number of carbonyl (C=O) groups excluding carboxylic acids is 2. The van der Waals surface area contributed by atoms with Crippen LogP contribution in [0.25, 0.3) is 10.2 Å². The van der Waals surface area contributed by atoms with Crippen LogP contribution < -0.4 is 4.80 Å². The van der Waals surface area contributed by atoms with Gasteiger partial charge >= 0.3 is 5.97 Å². The third-order valence-electron chi connectivity index (χ3n) is 4.51. The number of aromatic nitrogens is 1. The molecule has 11 heteroatoms. The van der Waals surface area contributed by atoms with Gasteiger partial charge in [0.2, 0.25) is 5.91 Å². The molecule has 1 heterocycles. The molecule has 2 aromatic carbocycles. The lowest BCUT2D eigenvalue weighted by Gasteiger charge is -2.05. The molecular weight excluding hydrogens is 462 g/mol. The highest BCUT2D eigenvalue weighted by Gasteiger charge is 2.17. The molecule has 0 bridgehead atoms. The Balaban J connectivity index is 1.77. The first-order valence-electron chi connectivity index (χ1n) is 9.55. The van der Waals surface area contributed by atoms with Crippen LogP contribution in [0, 0.1) is 11.6 Å².